The lowest BCUT2D eigenvalue weighted by Crippen LogP contribution is -2.20. The molecule has 0 aliphatic rings. The van der Waals surface area contributed by atoms with Crippen LogP contribution in [-0.2, 0) is 0 Å². The number of fused-ring (bicyclic) bond motifs is 1. The van der Waals surface area contributed by atoms with Crippen molar-refractivity contribution in [3.8, 4) is 0 Å². The van der Waals surface area contributed by atoms with Crippen LogP contribution in [0.4, 0.5) is 0 Å². The quantitative estimate of drug-likeness (QED) is 0.733. The fourth-order valence-corrected chi connectivity index (χ4v) is 3.40. The van der Waals surface area contributed by atoms with E-state index in [9.17, 15) is 9.90 Å². The largest absolute Gasteiger partial charge is 0.544 e. The van der Waals surface area contributed by atoms with Crippen molar-refractivity contribution in [3.05, 3.63) is 21.3 Å². The number of carbonyl (C=O) groups is 1. The molecule has 2 aromatic heterocycles. The third kappa shape index (κ3) is 1.22. The van der Waals surface area contributed by atoms with E-state index < -0.39 is 5.97 Å². The van der Waals surface area contributed by atoms with Gasteiger partial charge in [0.15, 0.2) is 0 Å². The Hall–Kier alpha value is -0.580. The molecule has 2 aromatic rings. The van der Waals surface area contributed by atoms with E-state index in [0.29, 0.717) is 4.34 Å². The standard InChI is InChI=1S/C7H3ClO2S2/c8-5-2-3-1-4(6(9)10)11-7(3)12-5/h1-2H,(H,9,10)/p-1. The highest BCUT2D eigenvalue weighted by molar-refractivity contribution is 7.40. The van der Waals surface area contributed by atoms with Crippen molar-refractivity contribution in [2.45, 2.75) is 0 Å². The molecule has 2 rings (SSSR count). The second-order valence-corrected chi connectivity index (χ2v) is 5.19. The summed E-state index contributed by atoms with van der Waals surface area (Å²) in [5, 5.41) is 11.3. The molecule has 0 N–H and O–H groups in total. The SMILES string of the molecule is O=C([O-])c1cc2cc(Cl)sc2s1. The molecule has 62 valence electrons. The molecule has 0 radical (unpaired) electrons. The first-order valence-corrected chi connectivity index (χ1v) is 5.08. The molecule has 0 aliphatic carbocycles. The van der Waals surface area contributed by atoms with E-state index in [1.807, 2.05) is 0 Å². The van der Waals surface area contributed by atoms with Crippen molar-refractivity contribution >= 4 is 49.6 Å². The second kappa shape index (κ2) is 2.73. The fourth-order valence-electron chi connectivity index (χ4n) is 0.910. The lowest BCUT2D eigenvalue weighted by Gasteiger charge is -1.92. The molecular formula is C7H2ClO2S2-. The minimum absolute atomic E-state index is 0.257. The van der Waals surface area contributed by atoms with Crippen LogP contribution in [0.1, 0.15) is 9.67 Å². The second-order valence-electron chi connectivity index (χ2n) is 2.19. The zero-order valence-electron chi connectivity index (χ0n) is 5.67. The molecule has 5 heteroatoms. The normalized spacial score (nSPS) is 10.8. The molecule has 0 aromatic carbocycles. The number of hydrogen-bond acceptors (Lipinski definition) is 4. The first-order chi connectivity index (χ1) is 5.66. The van der Waals surface area contributed by atoms with Crippen molar-refractivity contribution in [2.24, 2.45) is 0 Å². The Morgan fingerprint density at radius 1 is 1.42 bits per heavy atom. The molecule has 0 spiro atoms. The highest BCUT2D eigenvalue weighted by Gasteiger charge is 2.05. The molecular weight excluding hydrogens is 216 g/mol. The van der Waals surface area contributed by atoms with Crippen LogP contribution in [0.3, 0.4) is 0 Å². The molecule has 0 saturated heterocycles. The first-order valence-electron chi connectivity index (χ1n) is 3.07. The van der Waals surface area contributed by atoms with E-state index in [0.717, 1.165) is 9.40 Å². The zero-order chi connectivity index (χ0) is 8.72. The number of hydrogen-bond donors (Lipinski definition) is 0. The number of halogens is 1. The monoisotopic (exact) mass is 217 g/mol. The Balaban J connectivity index is 2.64. The van der Waals surface area contributed by atoms with Crippen LogP contribution in [0.5, 0.6) is 0 Å². The van der Waals surface area contributed by atoms with Crippen molar-refractivity contribution in [1.82, 2.24) is 0 Å². The predicted octanol–water partition coefficient (Wildman–Crippen LogP) is 1.98. The molecule has 2 heterocycles. The summed E-state index contributed by atoms with van der Waals surface area (Å²) in [6, 6.07) is 3.34. The summed E-state index contributed by atoms with van der Waals surface area (Å²) in [6.45, 7) is 0. The maximum Gasteiger partial charge on any atom is 0.0949 e. The summed E-state index contributed by atoms with van der Waals surface area (Å²) in [6.07, 6.45) is 0. The molecule has 0 saturated carbocycles. The third-order valence-corrected chi connectivity index (χ3v) is 3.89. The molecule has 12 heavy (non-hydrogen) atoms. The van der Waals surface area contributed by atoms with Crippen LogP contribution in [0.25, 0.3) is 9.40 Å². The Bertz CT molecular complexity index is 412. The smallest absolute Gasteiger partial charge is 0.0949 e. The van der Waals surface area contributed by atoms with Gasteiger partial charge in [0.05, 0.1) is 19.2 Å². The van der Waals surface area contributed by atoms with Gasteiger partial charge in [-0.3, -0.25) is 0 Å². The number of rotatable bonds is 1. The van der Waals surface area contributed by atoms with E-state index in [2.05, 4.69) is 0 Å². The fraction of sp³-hybridized carbons (Fsp3) is 0. The number of aromatic carboxylic acids is 1. The van der Waals surface area contributed by atoms with Crippen LogP contribution in [0.2, 0.25) is 4.34 Å². The van der Waals surface area contributed by atoms with Gasteiger partial charge in [-0.1, -0.05) is 11.6 Å². The van der Waals surface area contributed by atoms with E-state index in [1.165, 1.54) is 22.7 Å². The first kappa shape index (κ1) is 8.04. The Morgan fingerprint density at radius 2 is 2.17 bits per heavy atom. The van der Waals surface area contributed by atoms with Gasteiger partial charge in [-0.25, -0.2) is 0 Å². The van der Waals surface area contributed by atoms with Gasteiger partial charge in [0.25, 0.3) is 0 Å². The van der Waals surface area contributed by atoms with Gasteiger partial charge in [0.1, 0.15) is 0 Å². The predicted molar refractivity (Wildman–Crippen MR) is 49.0 cm³/mol. The van der Waals surface area contributed by atoms with Crippen molar-refractivity contribution in [3.63, 3.8) is 0 Å². The average Bonchev–Trinajstić information content (AvgIpc) is 2.42. The van der Waals surface area contributed by atoms with Crippen molar-refractivity contribution < 1.29 is 9.90 Å². The molecule has 2 nitrogen and oxygen atoms in total. The van der Waals surface area contributed by atoms with Crippen LogP contribution in [-0.4, -0.2) is 5.97 Å². The van der Waals surface area contributed by atoms with Gasteiger partial charge >= 0.3 is 0 Å². The summed E-state index contributed by atoms with van der Waals surface area (Å²) in [5.41, 5.74) is 0. The van der Waals surface area contributed by atoms with Crippen molar-refractivity contribution in [2.75, 3.05) is 0 Å². The number of carboxylic acids is 1. The summed E-state index contributed by atoms with van der Waals surface area (Å²) in [7, 11) is 0. The van der Waals surface area contributed by atoms with Crippen LogP contribution in [0, 0.1) is 0 Å². The lowest BCUT2D eigenvalue weighted by molar-refractivity contribution is -0.254. The molecule has 0 amide bonds. The molecule has 0 unspecified atom stereocenters. The van der Waals surface area contributed by atoms with Crippen LogP contribution in [0.15, 0.2) is 12.1 Å². The number of thiophene rings is 2. The van der Waals surface area contributed by atoms with Gasteiger partial charge < -0.3 is 9.90 Å². The summed E-state index contributed by atoms with van der Waals surface area (Å²) < 4.78 is 1.61. The van der Waals surface area contributed by atoms with Crippen LogP contribution < -0.4 is 5.11 Å². The number of carbonyl (C=O) groups excluding carboxylic acids is 1. The molecule has 0 aliphatic heterocycles. The maximum atomic E-state index is 10.4. The topological polar surface area (TPSA) is 40.1 Å². The molecule has 0 atom stereocenters. The van der Waals surface area contributed by atoms with Gasteiger partial charge in [-0.05, 0) is 12.1 Å². The number of carboxylic acid groups (broad SMARTS) is 1. The van der Waals surface area contributed by atoms with Gasteiger partial charge in [-0.15, -0.1) is 22.7 Å². The van der Waals surface area contributed by atoms with Crippen LogP contribution >= 0.6 is 34.3 Å². The van der Waals surface area contributed by atoms with E-state index in [1.54, 1.807) is 12.1 Å². The average molecular weight is 218 g/mol. The highest BCUT2D eigenvalue weighted by Crippen LogP contribution is 2.35. The summed E-state index contributed by atoms with van der Waals surface area (Å²) >= 11 is 8.30. The minimum Gasteiger partial charge on any atom is -0.544 e. The van der Waals surface area contributed by atoms with Crippen molar-refractivity contribution in [1.29, 1.82) is 0 Å². The Morgan fingerprint density at radius 3 is 2.75 bits per heavy atom. The van der Waals surface area contributed by atoms with E-state index >= 15 is 0 Å². The minimum atomic E-state index is -1.13. The Kier molecular flexibility index (Phi) is 1.83. The summed E-state index contributed by atoms with van der Waals surface area (Å²) in [5.74, 6) is -1.13. The van der Waals surface area contributed by atoms with E-state index in [-0.39, 0.29) is 4.88 Å². The molecule has 0 bridgehead atoms. The molecule has 0 fully saturated rings. The van der Waals surface area contributed by atoms with Gasteiger partial charge in [-0.2, -0.15) is 0 Å². The third-order valence-electron chi connectivity index (χ3n) is 1.39. The Labute approximate surface area is 81.0 Å². The van der Waals surface area contributed by atoms with E-state index in [4.69, 9.17) is 11.6 Å². The van der Waals surface area contributed by atoms with Gasteiger partial charge in [0, 0.05) is 5.39 Å². The van der Waals surface area contributed by atoms with Gasteiger partial charge in [0.2, 0.25) is 0 Å². The lowest BCUT2D eigenvalue weighted by atomic mass is 10.4. The zero-order valence-corrected chi connectivity index (χ0v) is 8.05. The summed E-state index contributed by atoms with van der Waals surface area (Å²) in [4.78, 5) is 10.7. The highest BCUT2D eigenvalue weighted by atomic mass is 35.5. The maximum absolute atomic E-state index is 10.4.